The summed E-state index contributed by atoms with van der Waals surface area (Å²) < 4.78 is 1.17. The summed E-state index contributed by atoms with van der Waals surface area (Å²) in [6.07, 6.45) is 2.55. The van der Waals surface area contributed by atoms with Gasteiger partial charge < -0.3 is 0 Å². The quantitative estimate of drug-likeness (QED) is 0.172. The van der Waals surface area contributed by atoms with Crippen LogP contribution < -0.4 is 0 Å². The van der Waals surface area contributed by atoms with Crippen molar-refractivity contribution in [2.75, 3.05) is 0 Å². The Morgan fingerprint density at radius 3 is 1.72 bits per heavy atom. The van der Waals surface area contributed by atoms with E-state index in [0.29, 0.717) is 7.25 Å². The Morgan fingerprint density at radius 1 is 0.538 bits per heavy atom. The van der Waals surface area contributed by atoms with E-state index in [1.165, 1.54) is 38.6 Å². The number of halogens is 2. The normalized spacial score (nSPS) is 14.9. The van der Waals surface area contributed by atoms with Crippen LogP contribution in [0.4, 0.5) is 0 Å². The van der Waals surface area contributed by atoms with Crippen LogP contribution in [0.3, 0.4) is 0 Å². The van der Waals surface area contributed by atoms with E-state index in [1.54, 1.807) is 22.3 Å². The molecule has 1 atom stereocenters. The summed E-state index contributed by atoms with van der Waals surface area (Å²) in [5, 5.41) is 2.79. The van der Waals surface area contributed by atoms with E-state index in [4.69, 9.17) is 0 Å². The maximum Gasteiger partial charge on any atom is -0.147 e. The zero-order chi connectivity index (χ0) is 25.1. The van der Waals surface area contributed by atoms with E-state index in [-0.39, 0.29) is 24.8 Å². The van der Waals surface area contributed by atoms with Crippen molar-refractivity contribution in [3.8, 4) is 11.1 Å². The molecule has 2 aliphatic rings. The molecule has 0 aromatic heterocycles. The Labute approximate surface area is 252 Å². The molecular formula is C35H32Cl2SiZr. The summed E-state index contributed by atoms with van der Waals surface area (Å²) >= 11 is -2.22. The van der Waals surface area contributed by atoms with Crippen molar-refractivity contribution >= 4 is 52.7 Å². The Hall–Kier alpha value is -2.22. The van der Waals surface area contributed by atoms with E-state index in [2.05, 4.69) is 135 Å². The van der Waals surface area contributed by atoms with Gasteiger partial charge in [0.25, 0.3) is 0 Å². The number of rotatable bonds is 3. The molecule has 0 N–H and O–H groups in total. The third-order valence-corrected chi connectivity index (χ3v) is 27.6. The minimum Gasteiger partial charge on any atom is -0.147 e. The zero-order valence-electron chi connectivity index (χ0n) is 22.4. The zero-order valence-corrected chi connectivity index (χ0v) is 27.5. The first-order valence-corrected chi connectivity index (χ1v) is 22.3. The minimum absolute atomic E-state index is 0. The van der Waals surface area contributed by atoms with Crippen LogP contribution in [0.5, 0.6) is 0 Å². The molecule has 4 heteroatoms. The second-order valence-electron chi connectivity index (χ2n) is 10.7. The number of hydrogen-bond acceptors (Lipinski definition) is 0. The van der Waals surface area contributed by atoms with Crippen molar-refractivity contribution in [3.05, 3.63) is 143 Å². The van der Waals surface area contributed by atoms with E-state index < -0.39 is 25.8 Å². The molecule has 0 spiro atoms. The van der Waals surface area contributed by atoms with Gasteiger partial charge in [-0.3, -0.25) is 0 Å². The van der Waals surface area contributed by atoms with Crippen molar-refractivity contribution in [1.29, 1.82) is 0 Å². The van der Waals surface area contributed by atoms with Gasteiger partial charge in [0, 0.05) is 0 Å². The average molecular weight is 643 g/mol. The fraction of sp³-hybridized carbons (Fsp3) is 0.143. The molecule has 0 fully saturated rings. The van der Waals surface area contributed by atoms with Gasteiger partial charge in [0.15, 0.2) is 0 Å². The topological polar surface area (TPSA) is 0 Å². The van der Waals surface area contributed by atoms with E-state index in [9.17, 15) is 0 Å². The molecule has 39 heavy (non-hydrogen) atoms. The van der Waals surface area contributed by atoms with Gasteiger partial charge in [-0.2, -0.15) is 0 Å². The van der Waals surface area contributed by atoms with Crippen LogP contribution in [-0.2, 0) is 20.4 Å². The van der Waals surface area contributed by atoms with Gasteiger partial charge in [-0.25, -0.2) is 0 Å². The molecule has 0 saturated carbocycles. The summed E-state index contributed by atoms with van der Waals surface area (Å²) in [6.45, 7) is 7.48. The molecule has 0 heterocycles. The summed E-state index contributed by atoms with van der Waals surface area (Å²) in [6, 6.07) is 41.6. The molecule has 0 amide bonds. The molecule has 1 unspecified atom stereocenters. The monoisotopic (exact) mass is 640 g/mol. The molecule has 5 aromatic rings. The summed E-state index contributed by atoms with van der Waals surface area (Å²) in [7, 11) is 0. The Bertz CT molecular complexity index is 1740. The summed E-state index contributed by atoms with van der Waals surface area (Å²) in [5.74, 6) is 0. The molecule has 0 radical (unpaired) electrons. The number of allylic oxidation sites excluding steroid dienone is 1. The minimum atomic E-state index is -2.22. The predicted molar refractivity (Wildman–Crippen MR) is 171 cm³/mol. The fourth-order valence-electron chi connectivity index (χ4n) is 6.83. The Balaban J connectivity index is 0.00000154. The van der Waals surface area contributed by atoms with Gasteiger partial charge in [0.1, 0.15) is 0 Å². The van der Waals surface area contributed by atoms with Gasteiger partial charge in [-0.1, -0.05) is 0 Å². The van der Waals surface area contributed by atoms with Crippen molar-refractivity contribution in [3.63, 3.8) is 0 Å². The number of fused-ring (bicyclic) bond motifs is 5. The molecule has 2 aliphatic carbocycles. The molecule has 0 saturated heterocycles. The molecule has 0 bridgehead atoms. The van der Waals surface area contributed by atoms with Crippen LogP contribution in [0.2, 0.25) is 13.1 Å². The maximum atomic E-state index is 2.62. The second-order valence-corrected chi connectivity index (χ2v) is 28.6. The van der Waals surface area contributed by atoms with E-state index >= 15 is 0 Å². The number of benzene rings is 5. The van der Waals surface area contributed by atoms with Crippen LogP contribution in [0.15, 0.2) is 109 Å². The standard InChI is InChI=1S/C20H15.C13H9.C2H6Si.2ClH.Zr/c1-14-10-11-19(20-9-5-4-8-18(14)20)17-12-15-6-2-3-7-16(15)13-17;1-3-7-12-10(5-1)9-11-6-2-4-8-13(11)12;1-3-2;;;/h2-13H,1H3;1-9H;1-2H3;2*1H;. The third kappa shape index (κ3) is 4.54. The fourth-order valence-corrected chi connectivity index (χ4v) is 26.8. The van der Waals surface area contributed by atoms with Crippen molar-refractivity contribution in [2.24, 2.45) is 0 Å². The molecule has 5 aromatic carbocycles. The van der Waals surface area contributed by atoms with E-state index in [0.717, 1.165) is 0 Å². The molecule has 0 aliphatic heterocycles. The summed E-state index contributed by atoms with van der Waals surface area (Å²) in [5.41, 5.74) is 13.1. The van der Waals surface area contributed by atoms with Crippen molar-refractivity contribution in [2.45, 2.75) is 27.3 Å². The number of hydrogen-bond donors (Lipinski definition) is 0. The predicted octanol–water partition coefficient (Wildman–Crippen LogP) is 10.2. The molecule has 0 nitrogen and oxygen atoms in total. The van der Waals surface area contributed by atoms with Gasteiger partial charge >= 0.3 is 229 Å². The SMILES string of the molecule is Cc1ccc(C2=Cc3ccccc3[CH]2[Zr]([CH]2c3ccccc3-c3ccccc32)=[Si](C)C)c2ccccc12.Cl.Cl. The largest absolute Gasteiger partial charge is 0.147 e. The summed E-state index contributed by atoms with van der Waals surface area (Å²) in [4.78, 5) is 0. The maximum absolute atomic E-state index is 2.62. The first kappa shape index (κ1) is 28.3. The Morgan fingerprint density at radius 2 is 1.08 bits per heavy atom. The van der Waals surface area contributed by atoms with Gasteiger partial charge in [-0.15, -0.1) is 24.8 Å². The average Bonchev–Trinajstić information content (AvgIpc) is 3.46. The molecule has 194 valence electrons. The number of aryl methyl sites for hydroxylation is 1. The van der Waals surface area contributed by atoms with Crippen LogP contribution in [0.25, 0.3) is 33.5 Å². The third-order valence-electron chi connectivity index (χ3n) is 8.42. The van der Waals surface area contributed by atoms with Gasteiger partial charge in [-0.05, 0) is 0 Å². The van der Waals surface area contributed by atoms with Crippen molar-refractivity contribution < 1.29 is 20.4 Å². The first-order chi connectivity index (χ1) is 18.1. The van der Waals surface area contributed by atoms with Crippen LogP contribution in [0.1, 0.15) is 40.6 Å². The smallest absolute Gasteiger partial charge is 0.147 e. The van der Waals surface area contributed by atoms with E-state index in [1.807, 2.05) is 0 Å². The molecular weight excluding hydrogens is 611 g/mol. The second kappa shape index (κ2) is 11.3. The van der Waals surface area contributed by atoms with Gasteiger partial charge in [0.2, 0.25) is 0 Å². The van der Waals surface area contributed by atoms with Crippen molar-refractivity contribution in [1.82, 2.24) is 0 Å². The molecule has 7 rings (SSSR count). The van der Waals surface area contributed by atoms with Crippen LogP contribution in [0, 0.1) is 6.92 Å². The van der Waals surface area contributed by atoms with Crippen LogP contribution in [-0.4, -0.2) is 5.43 Å². The van der Waals surface area contributed by atoms with Crippen LogP contribution >= 0.6 is 24.8 Å². The van der Waals surface area contributed by atoms with Gasteiger partial charge in [0.05, 0.1) is 0 Å². The first-order valence-electron chi connectivity index (χ1n) is 13.3. The Kier molecular flexibility index (Phi) is 8.23.